The van der Waals surface area contributed by atoms with Gasteiger partial charge in [-0.1, -0.05) is 29.8 Å². The summed E-state index contributed by atoms with van der Waals surface area (Å²) in [6, 6.07) is 12.8. The molecule has 0 aliphatic carbocycles. The second kappa shape index (κ2) is 5.93. The van der Waals surface area contributed by atoms with Crippen LogP contribution in [0.4, 0.5) is 0 Å². The fourth-order valence-electron chi connectivity index (χ4n) is 2.04. The summed E-state index contributed by atoms with van der Waals surface area (Å²) in [6.45, 7) is 0.479. The average Bonchev–Trinajstić information content (AvgIpc) is 2.89. The van der Waals surface area contributed by atoms with Crippen molar-refractivity contribution < 1.29 is 4.79 Å². The number of halogens is 1. The molecule has 0 aliphatic rings. The number of amides is 1. The first-order chi connectivity index (χ1) is 10.2. The molecule has 2 N–H and O–H groups in total. The maximum atomic E-state index is 11.9. The van der Waals surface area contributed by atoms with Crippen molar-refractivity contribution in [3.8, 4) is 0 Å². The summed E-state index contributed by atoms with van der Waals surface area (Å²) >= 11 is 5.76. The van der Waals surface area contributed by atoms with Gasteiger partial charge in [0.25, 0.3) is 5.91 Å². The fraction of sp³-hybridized carbons (Fsp3) is 0.133. The number of fused-ring (bicyclic) bond motifs is 1. The second-order valence-electron chi connectivity index (χ2n) is 4.55. The van der Waals surface area contributed by atoms with Crippen molar-refractivity contribution in [2.45, 2.75) is 6.42 Å². The number of benzene rings is 1. The molecule has 0 saturated heterocycles. The molecule has 0 saturated carbocycles. The molecule has 5 nitrogen and oxygen atoms in total. The van der Waals surface area contributed by atoms with Crippen LogP contribution in [0.2, 0.25) is 5.15 Å². The highest BCUT2D eigenvalue weighted by atomic mass is 35.5. The molecule has 3 rings (SSSR count). The third-order valence-electron chi connectivity index (χ3n) is 3.03. The number of carbonyl (C=O) groups is 1. The fourth-order valence-corrected chi connectivity index (χ4v) is 2.21. The highest BCUT2D eigenvalue weighted by Crippen LogP contribution is 2.10. The lowest BCUT2D eigenvalue weighted by Gasteiger charge is -2.03. The Bertz CT molecular complexity index is 751. The minimum atomic E-state index is -0.242. The number of hydrogen-bond acceptors (Lipinski definition) is 3. The van der Waals surface area contributed by atoms with E-state index in [1.165, 1.54) is 0 Å². The van der Waals surface area contributed by atoms with Crippen molar-refractivity contribution in [1.82, 2.24) is 20.3 Å². The highest BCUT2D eigenvalue weighted by molar-refractivity contribution is 6.29. The van der Waals surface area contributed by atoms with Crippen LogP contribution in [-0.4, -0.2) is 27.4 Å². The normalized spacial score (nSPS) is 10.7. The van der Waals surface area contributed by atoms with E-state index in [1.807, 2.05) is 24.3 Å². The molecule has 6 heteroatoms. The number of H-pyrrole nitrogens is 1. The predicted molar refractivity (Wildman–Crippen MR) is 81.4 cm³/mol. The van der Waals surface area contributed by atoms with E-state index in [4.69, 9.17) is 11.6 Å². The number of para-hydroxylation sites is 2. The first-order valence-corrected chi connectivity index (χ1v) is 6.94. The number of nitrogens with zero attached hydrogens (tertiary/aromatic N) is 2. The second-order valence-corrected chi connectivity index (χ2v) is 4.94. The molecular weight excluding hydrogens is 288 g/mol. The molecule has 0 spiro atoms. The van der Waals surface area contributed by atoms with E-state index in [0.29, 0.717) is 23.8 Å². The maximum Gasteiger partial charge on any atom is 0.269 e. The van der Waals surface area contributed by atoms with E-state index in [-0.39, 0.29) is 5.91 Å². The predicted octanol–water partition coefficient (Wildman–Crippen LogP) is 2.58. The molecule has 0 bridgehead atoms. The van der Waals surface area contributed by atoms with Crippen molar-refractivity contribution in [2.75, 3.05) is 6.54 Å². The van der Waals surface area contributed by atoms with Gasteiger partial charge in [0.2, 0.25) is 0 Å². The summed E-state index contributed by atoms with van der Waals surface area (Å²) in [4.78, 5) is 23.5. The van der Waals surface area contributed by atoms with Gasteiger partial charge in [0, 0.05) is 13.0 Å². The number of imidazole rings is 1. The molecular formula is C15H13ClN4O. The topological polar surface area (TPSA) is 70.7 Å². The lowest BCUT2D eigenvalue weighted by atomic mass is 10.3. The van der Waals surface area contributed by atoms with E-state index >= 15 is 0 Å². The van der Waals surface area contributed by atoms with Crippen molar-refractivity contribution in [3.63, 3.8) is 0 Å². The van der Waals surface area contributed by atoms with Crippen LogP contribution in [0, 0.1) is 0 Å². The van der Waals surface area contributed by atoms with Gasteiger partial charge in [-0.2, -0.15) is 0 Å². The summed E-state index contributed by atoms with van der Waals surface area (Å²) in [6.07, 6.45) is 0.626. The molecule has 2 heterocycles. The lowest BCUT2D eigenvalue weighted by Crippen LogP contribution is -2.26. The number of aromatic nitrogens is 3. The van der Waals surface area contributed by atoms with Crippen LogP contribution in [0.15, 0.2) is 42.5 Å². The Morgan fingerprint density at radius 3 is 2.81 bits per heavy atom. The van der Waals surface area contributed by atoms with Crippen LogP contribution in [0.3, 0.4) is 0 Å². The molecule has 106 valence electrons. The SMILES string of the molecule is O=C(NCCc1nc2ccccc2[nH]1)c1cccc(Cl)n1. The number of aromatic amines is 1. The summed E-state index contributed by atoms with van der Waals surface area (Å²) < 4.78 is 0. The van der Waals surface area contributed by atoms with Crippen LogP contribution in [0.5, 0.6) is 0 Å². The molecule has 1 amide bonds. The van der Waals surface area contributed by atoms with E-state index in [0.717, 1.165) is 16.9 Å². The Kier molecular flexibility index (Phi) is 3.83. The number of carbonyl (C=O) groups excluding carboxylic acids is 1. The summed E-state index contributed by atoms with van der Waals surface area (Å²) in [5, 5.41) is 3.10. The third-order valence-corrected chi connectivity index (χ3v) is 3.24. The van der Waals surface area contributed by atoms with E-state index < -0.39 is 0 Å². The van der Waals surface area contributed by atoms with Crippen LogP contribution >= 0.6 is 11.6 Å². The van der Waals surface area contributed by atoms with Crippen LogP contribution in [-0.2, 0) is 6.42 Å². The van der Waals surface area contributed by atoms with Gasteiger partial charge in [-0.25, -0.2) is 9.97 Å². The molecule has 0 aliphatic heterocycles. The van der Waals surface area contributed by atoms with Crippen LogP contribution in [0.1, 0.15) is 16.3 Å². The molecule has 1 aromatic carbocycles. The quantitative estimate of drug-likeness (QED) is 0.728. The van der Waals surface area contributed by atoms with Gasteiger partial charge in [-0.05, 0) is 24.3 Å². The van der Waals surface area contributed by atoms with Gasteiger partial charge in [0.1, 0.15) is 16.7 Å². The standard InChI is InChI=1S/C15H13ClN4O/c16-13-7-3-6-12(18-13)15(21)17-9-8-14-19-10-4-1-2-5-11(10)20-14/h1-7H,8-9H2,(H,17,21)(H,19,20). The van der Waals surface area contributed by atoms with Crippen molar-refractivity contribution in [3.05, 3.63) is 59.1 Å². The van der Waals surface area contributed by atoms with Gasteiger partial charge >= 0.3 is 0 Å². The highest BCUT2D eigenvalue weighted by Gasteiger charge is 2.08. The van der Waals surface area contributed by atoms with Gasteiger partial charge in [-0.3, -0.25) is 4.79 Å². The minimum absolute atomic E-state index is 0.242. The summed E-state index contributed by atoms with van der Waals surface area (Å²) in [5.41, 5.74) is 2.23. The third kappa shape index (κ3) is 3.20. The van der Waals surface area contributed by atoms with Gasteiger partial charge in [-0.15, -0.1) is 0 Å². The monoisotopic (exact) mass is 300 g/mol. The average molecular weight is 301 g/mol. The summed E-state index contributed by atoms with van der Waals surface area (Å²) in [7, 11) is 0. The lowest BCUT2D eigenvalue weighted by molar-refractivity contribution is 0.0949. The summed E-state index contributed by atoms with van der Waals surface area (Å²) in [5.74, 6) is 0.601. The number of pyridine rings is 1. The zero-order valence-corrected chi connectivity index (χ0v) is 11.9. The van der Waals surface area contributed by atoms with Gasteiger partial charge < -0.3 is 10.3 Å². The van der Waals surface area contributed by atoms with Crippen molar-refractivity contribution in [2.24, 2.45) is 0 Å². The van der Waals surface area contributed by atoms with Gasteiger partial charge in [0.15, 0.2) is 0 Å². The van der Waals surface area contributed by atoms with Crippen LogP contribution in [0.25, 0.3) is 11.0 Å². The molecule has 0 unspecified atom stereocenters. The van der Waals surface area contributed by atoms with Crippen LogP contribution < -0.4 is 5.32 Å². The number of nitrogens with one attached hydrogen (secondary N) is 2. The Hall–Kier alpha value is -2.40. The molecule has 2 aromatic heterocycles. The van der Waals surface area contributed by atoms with Crippen molar-refractivity contribution >= 4 is 28.5 Å². The molecule has 0 fully saturated rings. The van der Waals surface area contributed by atoms with E-state index in [2.05, 4.69) is 20.3 Å². The molecule has 3 aromatic rings. The Labute approximate surface area is 126 Å². The largest absolute Gasteiger partial charge is 0.350 e. The smallest absolute Gasteiger partial charge is 0.269 e. The number of hydrogen-bond donors (Lipinski definition) is 2. The minimum Gasteiger partial charge on any atom is -0.350 e. The number of rotatable bonds is 4. The first kappa shape index (κ1) is 13.6. The first-order valence-electron chi connectivity index (χ1n) is 6.57. The zero-order valence-electron chi connectivity index (χ0n) is 11.1. The Morgan fingerprint density at radius 2 is 2.00 bits per heavy atom. The molecule has 21 heavy (non-hydrogen) atoms. The Balaban J connectivity index is 1.59. The molecule has 0 radical (unpaired) electrons. The van der Waals surface area contributed by atoms with E-state index in [1.54, 1.807) is 18.2 Å². The van der Waals surface area contributed by atoms with Crippen molar-refractivity contribution in [1.29, 1.82) is 0 Å². The Morgan fingerprint density at radius 1 is 1.14 bits per heavy atom. The van der Waals surface area contributed by atoms with Gasteiger partial charge in [0.05, 0.1) is 11.0 Å². The molecule has 0 atom stereocenters. The zero-order chi connectivity index (χ0) is 14.7. The maximum absolute atomic E-state index is 11.9. The van der Waals surface area contributed by atoms with E-state index in [9.17, 15) is 4.79 Å².